The van der Waals surface area contributed by atoms with E-state index < -0.39 is 59.7 Å². The molecule has 0 amide bonds. The molecule has 0 aromatic rings. The molecule has 2 bridgehead atoms. The quantitative estimate of drug-likeness (QED) is 0.513. The standard InChI is InChI=1S/C16H20O7/c1-8-3-10-15(5-17,12(20)11(8)19)14(2)4-9(21-7-18)13(23-10)16(14)6-22-16/h3,7,9-10,12-13,17,20H,4-6H2,1-2H3/t9-,10-,12-,13-,14-,15-,16+/m1/s1/i7D. The van der Waals surface area contributed by atoms with E-state index in [4.69, 9.17) is 15.6 Å². The van der Waals surface area contributed by atoms with Gasteiger partial charge in [0.2, 0.25) is 0 Å². The molecule has 2 saturated heterocycles. The number of rotatable bonds is 2. The van der Waals surface area contributed by atoms with Crippen molar-refractivity contribution in [3.8, 4) is 0 Å². The largest absolute Gasteiger partial charge is 0.462 e. The summed E-state index contributed by atoms with van der Waals surface area (Å²) in [5.74, 6) is -0.444. The first kappa shape index (κ1) is 14.1. The lowest BCUT2D eigenvalue weighted by molar-refractivity contribution is -0.244. The summed E-state index contributed by atoms with van der Waals surface area (Å²) >= 11 is 0. The van der Waals surface area contributed by atoms with Gasteiger partial charge in [0.05, 0.1) is 24.7 Å². The van der Waals surface area contributed by atoms with E-state index in [0.29, 0.717) is 12.2 Å². The van der Waals surface area contributed by atoms with Crippen LogP contribution in [0, 0.1) is 10.8 Å². The number of carbonyl (C=O) groups excluding carboxylic acids is 2. The van der Waals surface area contributed by atoms with Crippen LogP contribution in [0.5, 0.6) is 0 Å². The van der Waals surface area contributed by atoms with Crippen LogP contribution < -0.4 is 0 Å². The molecular weight excluding hydrogens is 304 g/mol. The van der Waals surface area contributed by atoms with Gasteiger partial charge in [-0.3, -0.25) is 9.59 Å². The molecule has 7 atom stereocenters. The Morgan fingerprint density at radius 2 is 2.30 bits per heavy atom. The third-order valence-electron chi connectivity index (χ3n) is 6.61. The van der Waals surface area contributed by atoms with Crippen molar-refractivity contribution < 1.29 is 35.4 Å². The van der Waals surface area contributed by atoms with Crippen LogP contribution in [0.15, 0.2) is 11.6 Å². The Hall–Kier alpha value is -1.28. The van der Waals surface area contributed by atoms with Crippen LogP contribution in [0.1, 0.15) is 21.6 Å². The highest BCUT2D eigenvalue weighted by Gasteiger charge is 2.83. The number of ether oxygens (including phenoxy) is 3. The van der Waals surface area contributed by atoms with Gasteiger partial charge in [-0.1, -0.05) is 6.92 Å². The number of hydrogen-bond donors (Lipinski definition) is 2. The molecule has 7 heteroatoms. The van der Waals surface area contributed by atoms with Gasteiger partial charge in [-0.15, -0.1) is 0 Å². The van der Waals surface area contributed by atoms with E-state index in [0.717, 1.165) is 0 Å². The van der Waals surface area contributed by atoms with Crippen LogP contribution in [0.4, 0.5) is 0 Å². The number of Topliss-reactive ketones (excluding diaryl/α,β-unsaturated/α-hetero) is 1. The lowest BCUT2D eigenvalue weighted by atomic mass is 9.50. The zero-order valence-electron chi connectivity index (χ0n) is 13.9. The summed E-state index contributed by atoms with van der Waals surface area (Å²) in [6.07, 6.45) is -2.74. The van der Waals surface area contributed by atoms with Gasteiger partial charge in [-0.05, 0) is 25.0 Å². The number of ketones is 1. The lowest BCUT2D eigenvalue weighted by Crippen LogP contribution is -2.70. The Bertz CT molecular complexity index is 657. The minimum atomic E-state index is -1.44. The number of fused-ring (bicyclic) bond motifs is 2. The Labute approximate surface area is 134 Å². The molecule has 0 unspecified atom stereocenters. The first-order valence-corrected chi connectivity index (χ1v) is 7.72. The van der Waals surface area contributed by atoms with Gasteiger partial charge in [0.15, 0.2) is 7.15 Å². The molecule has 23 heavy (non-hydrogen) atoms. The van der Waals surface area contributed by atoms with Gasteiger partial charge >= 0.3 is 0 Å². The average molecular weight is 325 g/mol. The average Bonchev–Trinajstić information content (AvgIpc) is 3.27. The van der Waals surface area contributed by atoms with Crippen molar-refractivity contribution >= 4 is 12.2 Å². The maximum Gasteiger partial charge on any atom is 0.293 e. The molecule has 126 valence electrons. The third-order valence-corrected chi connectivity index (χ3v) is 6.61. The number of aliphatic hydroxyl groups excluding tert-OH is 2. The summed E-state index contributed by atoms with van der Waals surface area (Å²) in [7, 11) is 0. The summed E-state index contributed by atoms with van der Waals surface area (Å²) in [5, 5.41) is 21.0. The molecule has 0 radical (unpaired) electrons. The van der Waals surface area contributed by atoms with E-state index in [-0.39, 0.29) is 6.42 Å². The second-order valence-electron chi connectivity index (χ2n) is 7.25. The molecule has 0 aromatic heterocycles. The molecule has 2 aliphatic heterocycles. The fourth-order valence-corrected chi connectivity index (χ4v) is 5.15. The number of carbonyl (C=O) groups is 2. The summed E-state index contributed by atoms with van der Waals surface area (Å²) in [6.45, 7) is 3.30. The van der Waals surface area contributed by atoms with E-state index >= 15 is 0 Å². The summed E-state index contributed by atoms with van der Waals surface area (Å²) < 4.78 is 24.0. The van der Waals surface area contributed by atoms with Crippen LogP contribution in [0.3, 0.4) is 0 Å². The van der Waals surface area contributed by atoms with Crippen molar-refractivity contribution in [1.29, 1.82) is 0 Å². The van der Waals surface area contributed by atoms with E-state index in [9.17, 15) is 19.8 Å². The SMILES string of the molecule is [2H]C(=O)O[C@@H]1C[C@]2(C)[C@@]3(CO)[C@H](O)C(=O)C(C)=C[C@H]3O[C@H]1[C@@]21CO1. The highest BCUT2D eigenvalue weighted by Crippen LogP contribution is 2.71. The van der Waals surface area contributed by atoms with E-state index in [1.54, 1.807) is 13.0 Å². The van der Waals surface area contributed by atoms with E-state index in [1.807, 2.05) is 6.92 Å². The zero-order valence-corrected chi connectivity index (χ0v) is 12.9. The highest BCUT2D eigenvalue weighted by molar-refractivity contribution is 6.00. The molecule has 2 heterocycles. The Balaban J connectivity index is 1.87. The van der Waals surface area contributed by atoms with Gasteiger partial charge < -0.3 is 24.4 Å². The maximum atomic E-state index is 12.4. The molecule has 3 fully saturated rings. The van der Waals surface area contributed by atoms with Crippen LogP contribution in [0.25, 0.3) is 0 Å². The zero-order chi connectivity index (χ0) is 17.5. The molecule has 0 aromatic carbocycles. The minimum Gasteiger partial charge on any atom is -0.462 e. The van der Waals surface area contributed by atoms with Crippen molar-refractivity contribution in [1.82, 2.24) is 0 Å². The second-order valence-corrected chi connectivity index (χ2v) is 7.25. The molecule has 1 spiro atoms. The Morgan fingerprint density at radius 1 is 1.61 bits per heavy atom. The van der Waals surface area contributed by atoms with Crippen molar-refractivity contribution in [2.45, 2.75) is 50.3 Å². The third kappa shape index (κ3) is 1.45. The van der Waals surface area contributed by atoms with Crippen molar-refractivity contribution in [2.24, 2.45) is 10.8 Å². The predicted molar refractivity (Wildman–Crippen MR) is 75.3 cm³/mol. The fraction of sp³-hybridized carbons (Fsp3) is 0.750. The molecule has 1 saturated carbocycles. The Kier molecular flexibility index (Phi) is 2.71. The molecule has 4 rings (SSSR count). The number of hydrogen-bond acceptors (Lipinski definition) is 7. The van der Waals surface area contributed by atoms with Gasteiger partial charge in [-0.2, -0.15) is 0 Å². The van der Waals surface area contributed by atoms with Gasteiger partial charge in [0, 0.05) is 5.41 Å². The first-order chi connectivity index (χ1) is 11.2. The molecular formula is C16H20O7. The van der Waals surface area contributed by atoms with Gasteiger partial charge in [-0.25, -0.2) is 0 Å². The van der Waals surface area contributed by atoms with Crippen LogP contribution in [-0.4, -0.2) is 65.7 Å². The van der Waals surface area contributed by atoms with Crippen LogP contribution >= 0.6 is 0 Å². The van der Waals surface area contributed by atoms with E-state index in [2.05, 4.69) is 0 Å². The molecule has 2 aliphatic carbocycles. The minimum absolute atomic E-state index is 0.247. The monoisotopic (exact) mass is 325 g/mol. The maximum absolute atomic E-state index is 12.4. The van der Waals surface area contributed by atoms with Crippen LogP contribution in [-0.2, 0) is 23.8 Å². The van der Waals surface area contributed by atoms with Crippen molar-refractivity contribution in [3.05, 3.63) is 11.6 Å². The highest BCUT2D eigenvalue weighted by atomic mass is 16.6. The van der Waals surface area contributed by atoms with Crippen molar-refractivity contribution in [2.75, 3.05) is 13.2 Å². The molecule has 2 N–H and O–H groups in total. The predicted octanol–water partition coefficient (Wildman–Crippen LogP) is -0.657. The topological polar surface area (TPSA) is 106 Å². The smallest absolute Gasteiger partial charge is 0.293 e. The molecule has 4 aliphatic rings. The summed E-state index contributed by atoms with van der Waals surface area (Å²) in [6, 6.07) is 0. The summed E-state index contributed by atoms with van der Waals surface area (Å²) in [4.78, 5) is 23.6. The first-order valence-electron chi connectivity index (χ1n) is 8.22. The van der Waals surface area contributed by atoms with Gasteiger partial charge in [0.1, 0.15) is 23.9 Å². The number of aliphatic hydroxyl groups is 2. The fourth-order valence-electron chi connectivity index (χ4n) is 5.15. The summed E-state index contributed by atoms with van der Waals surface area (Å²) in [5.41, 5.74) is -2.57. The van der Waals surface area contributed by atoms with Gasteiger partial charge in [0.25, 0.3) is 6.45 Å². The van der Waals surface area contributed by atoms with E-state index in [1.165, 1.54) is 0 Å². The number of epoxide rings is 1. The molecule has 7 nitrogen and oxygen atoms in total. The normalized spacial score (nSPS) is 54.3. The Morgan fingerprint density at radius 3 is 2.87 bits per heavy atom. The van der Waals surface area contributed by atoms with Crippen molar-refractivity contribution in [3.63, 3.8) is 0 Å². The van der Waals surface area contributed by atoms with Crippen LogP contribution in [0.2, 0.25) is 0 Å². The lowest BCUT2D eigenvalue weighted by Gasteiger charge is -2.58. The second kappa shape index (κ2) is 4.42.